The second kappa shape index (κ2) is 6.01. The Morgan fingerprint density at radius 2 is 2.06 bits per heavy atom. The maximum absolute atomic E-state index is 4.32. The lowest BCUT2D eigenvalue weighted by Gasteiger charge is -2.17. The van der Waals surface area contributed by atoms with E-state index < -0.39 is 0 Å². The van der Waals surface area contributed by atoms with Crippen LogP contribution in [-0.2, 0) is 6.54 Å². The summed E-state index contributed by atoms with van der Waals surface area (Å²) < 4.78 is 1.99. The highest BCUT2D eigenvalue weighted by atomic mass is 15.3. The van der Waals surface area contributed by atoms with Gasteiger partial charge in [0.25, 0.3) is 0 Å². The summed E-state index contributed by atoms with van der Waals surface area (Å²) >= 11 is 0. The first-order chi connectivity index (χ1) is 7.49. The first-order valence-electron chi connectivity index (χ1n) is 5.90. The molecule has 1 aromatic heterocycles. The van der Waals surface area contributed by atoms with Crippen LogP contribution in [0.5, 0.6) is 0 Å². The summed E-state index contributed by atoms with van der Waals surface area (Å²) in [6, 6.07) is 0.936. The van der Waals surface area contributed by atoms with Gasteiger partial charge in [0.2, 0.25) is 0 Å². The molecule has 0 aliphatic heterocycles. The lowest BCUT2D eigenvalue weighted by molar-refractivity contribution is 0.349. The molecule has 0 saturated heterocycles. The van der Waals surface area contributed by atoms with E-state index >= 15 is 0 Å². The van der Waals surface area contributed by atoms with E-state index in [0.717, 1.165) is 13.1 Å². The van der Waals surface area contributed by atoms with Crippen molar-refractivity contribution in [2.24, 2.45) is 0 Å². The minimum atomic E-state index is 0.438. The van der Waals surface area contributed by atoms with Gasteiger partial charge in [-0.2, -0.15) is 5.10 Å². The molecule has 1 heterocycles. The van der Waals surface area contributed by atoms with Crippen LogP contribution < -0.4 is 5.32 Å². The van der Waals surface area contributed by atoms with Crippen LogP contribution in [0.15, 0.2) is 12.4 Å². The molecule has 16 heavy (non-hydrogen) atoms. The van der Waals surface area contributed by atoms with Crippen LogP contribution in [0.25, 0.3) is 0 Å². The summed E-state index contributed by atoms with van der Waals surface area (Å²) in [4.78, 5) is 2.19. The largest absolute Gasteiger partial charge is 0.309 e. The lowest BCUT2D eigenvalue weighted by Crippen LogP contribution is -2.35. The first-order valence-corrected chi connectivity index (χ1v) is 5.90. The van der Waals surface area contributed by atoms with Crippen LogP contribution in [0.3, 0.4) is 0 Å². The predicted octanol–water partition coefficient (Wildman–Crippen LogP) is 1.50. The number of likely N-dealkylation sites (N-methyl/N-ethyl adjacent to an activating group) is 1. The number of aromatic nitrogens is 2. The zero-order valence-electron chi connectivity index (χ0n) is 11.1. The molecule has 0 spiro atoms. The van der Waals surface area contributed by atoms with Gasteiger partial charge in [0.05, 0.1) is 6.20 Å². The fourth-order valence-corrected chi connectivity index (χ4v) is 1.66. The molecule has 0 amide bonds. The summed E-state index contributed by atoms with van der Waals surface area (Å²) in [5.41, 5.74) is 1.25. The van der Waals surface area contributed by atoms with Gasteiger partial charge in [-0.15, -0.1) is 0 Å². The van der Waals surface area contributed by atoms with E-state index in [9.17, 15) is 0 Å². The van der Waals surface area contributed by atoms with E-state index in [4.69, 9.17) is 0 Å². The standard InChI is InChI=1S/C12H24N4/c1-10(2)16-9-12(7-14-16)6-13-11(3)8-15(4)5/h7,9-11,13H,6,8H2,1-5H3. The number of rotatable bonds is 6. The Hall–Kier alpha value is -0.870. The zero-order chi connectivity index (χ0) is 12.1. The third-order valence-corrected chi connectivity index (χ3v) is 2.48. The maximum Gasteiger partial charge on any atom is 0.0534 e. The Morgan fingerprint density at radius 3 is 2.56 bits per heavy atom. The van der Waals surface area contributed by atoms with Crippen molar-refractivity contribution in [2.45, 2.75) is 39.4 Å². The molecule has 0 aliphatic carbocycles. The second-order valence-corrected chi connectivity index (χ2v) is 4.97. The van der Waals surface area contributed by atoms with Gasteiger partial charge < -0.3 is 10.2 Å². The molecule has 1 rings (SSSR count). The molecular formula is C12H24N4. The molecule has 0 fully saturated rings. The van der Waals surface area contributed by atoms with Crippen LogP contribution in [-0.4, -0.2) is 41.4 Å². The quantitative estimate of drug-likeness (QED) is 0.795. The van der Waals surface area contributed by atoms with Gasteiger partial charge in [0.1, 0.15) is 0 Å². The number of nitrogens with zero attached hydrogens (tertiary/aromatic N) is 3. The SMILES string of the molecule is CC(CN(C)C)NCc1cnn(C(C)C)c1. The summed E-state index contributed by atoms with van der Waals surface area (Å²) in [5, 5.41) is 7.81. The molecule has 1 atom stereocenters. The van der Waals surface area contributed by atoms with Gasteiger partial charge in [-0.25, -0.2) is 0 Å². The molecular weight excluding hydrogens is 200 g/mol. The fourth-order valence-electron chi connectivity index (χ4n) is 1.66. The molecule has 0 bridgehead atoms. The molecule has 0 aromatic carbocycles. The Bertz CT molecular complexity index is 304. The lowest BCUT2D eigenvalue weighted by atomic mass is 10.3. The molecule has 0 saturated carbocycles. The Labute approximate surface area is 98.6 Å². The molecule has 1 N–H and O–H groups in total. The number of nitrogens with one attached hydrogen (secondary N) is 1. The summed E-state index contributed by atoms with van der Waals surface area (Å²) in [6.07, 6.45) is 4.05. The highest BCUT2D eigenvalue weighted by Gasteiger charge is 2.05. The monoisotopic (exact) mass is 224 g/mol. The van der Waals surface area contributed by atoms with Gasteiger partial charge in [0, 0.05) is 36.9 Å². The van der Waals surface area contributed by atoms with Crippen molar-refractivity contribution in [1.82, 2.24) is 20.0 Å². The molecule has 1 aromatic rings. The molecule has 4 heteroatoms. The van der Waals surface area contributed by atoms with Gasteiger partial charge >= 0.3 is 0 Å². The van der Waals surface area contributed by atoms with Gasteiger partial charge in [-0.1, -0.05) is 0 Å². The van der Waals surface area contributed by atoms with E-state index in [-0.39, 0.29) is 0 Å². The van der Waals surface area contributed by atoms with E-state index in [1.54, 1.807) is 0 Å². The summed E-state index contributed by atoms with van der Waals surface area (Å²) in [5.74, 6) is 0. The van der Waals surface area contributed by atoms with Crippen LogP contribution in [0.4, 0.5) is 0 Å². The van der Waals surface area contributed by atoms with Gasteiger partial charge in [-0.05, 0) is 34.9 Å². The van der Waals surface area contributed by atoms with E-state index in [0.29, 0.717) is 12.1 Å². The maximum atomic E-state index is 4.32. The average molecular weight is 224 g/mol. The highest BCUT2D eigenvalue weighted by Crippen LogP contribution is 2.05. The Balaban J connectivity index is 2.36. The van der Waals surface area contributed by atoms with Crippen molar-refractivity contribution < 1.29 is 0 Å². The topological polar surface area (TPSA) is 33.1 Å². The van der Waals surface area contributed by atoms with Crippen molar-refractivity contribution >= 4 is 0 Å². The molecule has 1 unspecified atom stereocenters. The van der Waals surface area contributed by atoms with Gasteiger partial charge in [-0.3, -0.25) is 4.68 Å². The fraction of sp³-hybridized carbons (Fsp3) is 0.750. The van der Waals surface area contributed by atoms with E-state index in [2.05, 4.69) is 56.4 Å². The van der Waals surface area contributed by atoms with Crippen molar-refractivity contribution in [2.75, 3.05) is 20.6 Å². The van der Waals surface area contributed by atoms with Crippen molar-refractivity contribution in [3.8, 4) is 0 Å². The predicted molar refractivity (Wildman–Crippen MR) is 67.5 cm³/mol. The zero-order valence-corrected chi connectivity index (χ0v) is 11.1. The summed E-state index contributed by atoms with van der Waals surface area (Å²) in [6.45, 7) is 8.42. The van der Waals surface area contributed by atoms with Crippen molar-refractivity contribution in [3.63, 3.8) is 0 Å². The average Bonchev–Trinajstić information content (AvgIpc) is 2.61. The molecule has 4 nitrogen and oxygen atoms in total. The van der Waals surface area contributed by atoms with Crippen molar-refractivity contribution in [3.05, 3.63) is 18.0 Å². The minimum absolute atomic E-state index is 0.438. The third-order valence-electron chi connectivity index (χ3n) is 2.48. The summed E-state index contributed by atoms with van der Waals surface area (Å²) in [7, 11) is 4.18. The van der Waals surface area contributed by atoms with Crippen LogP contribution >= 0.6 is 0 Å². The van der Waals surface area contributed by atoms with Crippen LogP contribution in [0.1, 0.15) is 32.4 Å². The van der Waals surface area contributed by atoms with Crippen LogP contribution in [0, 0.1) is 0 Å². The molecule has 92 valence electrons. The molecule has 0 radical (unpaired) electrons. The van der Waals surface area contributed by atoms with Crippen molar-refractivity contribution in [1.29, 1.82) is 0 Å². The smallest absolute Gasteiger partial charge is 0.0534 e. The minimum Gasteiger partial charge on any atom is -0.309 e. The second-order valence-electron chi connectivity index (χ2n) is 4.97. The first kappa shape index (κ1) is 13.2. The number of hydrogen-bond donors (Lipinski definition) is 1. The van der Waals surface area contributed by atoms with Gasteiger partial charge in [0.15, 0.2) is 0 Å². The van der Waals surface area contributed by atoms with E-state index in [1.807, 2.05) is 10.9 Å². The highest BCUT2D eigenvalue weighted by molar-refractivity contribution is 5.04. The number of hydrogen-bond acceptors (Lipinski definition) is 3. The third kappa shape index (κ3) is 4.33. The Kier molecular flexibility index (Phi) is 4.96. The molecule has 0 aliphatic rings. The van der Waals surface area contributed by atoms with Crippen LogP contribution in [0.2, 0.25) is 0 Å². The van der Waals surface area contributed by atoms with E-state index in [1.165, 1.54) is 5.56 Å². The Morgan fingerprint density at radius 1 is 1.38 bits per heavy atom. The normalized spacial score (nSPS) is 13.7.